The van der Waals surface area contributed by atoms with Gasteiger partial charge in [0.05, 0.1) is 18.2 Å². The predicted octanol–water partition coefficient (Wildman–Crippen LogP) is 1.34. The Morgan fingerprint density at radius 3 is 2.29 bits per heavy atom. The van der Waals surface area contributed by atoms with Crippen LogP contribution in [0.5, 0.6) is 0 Å². The van der Waals surface area contributed by atoms with Crippen LogP contribution in [0.2, 0.25) is 0 Å². The summed E-state index contributed by atoms with van der Waals surface area (Å²) in [6, 6.07) is 0. The molecule has 4 aliphatic rings. The number of aliphatic hydroxyl groups excluding tert-OH is 2. The summed E-state index contributed by atoms with van der Waals surface area (Å²) < 4.78 is 5.84. The van der Waals surface area contributed by atoms with Crippen molar-refractivity contribution >= 4 is 11.9 Å². The van der Waals surface area contributed by atoms with Crippen LogP contribution in [-0.2, 0) is 14.3 Å². The minimum atomic E-state index is -1.20. The first-order valence-electron chi connectivity index (χ1n) is 14.3. The maximum atomic E-state index is 12.5. The number of carbonyl (C=O) groups is 2. The second kappa shape index (κ2) is 11.3. The van der Waals surface area contributed by atoms with Crippen molar-refractivity contribution in [3.05, 3.63) is 22.8 Å². The van der Waals surface area contributed by atoms with E-state index in [9.17, 15) is 24.9 Å². The third-order valence-corrected chi connectivity index (χ3v) is 11.6. The Balaban J connectivity index is 0.00000400. The van der Waals surface area contributed by atoms with Crippen molar-refractivity contribution in [2.24, 2.45) is 39.9 Å². The Hall–Kier alpha value is -0.660. The molecule has 0 bridgehead atoms. The SMILES string of the molecule is CC(=O)O[C@H]1C[C@@]2(C)[C@@H](C[C@@H](O)[C@H]3[C@@]4(C)CC[C@@H](O)[C@@H](C)C4CC[C@@]32C)/C1=C(\CCC=C(C)C)C(=O)[O-].[Na+]. The summed E-state index contributed by atoms with van der Waals surface area (Å²) in [5.74, 6) is -1.25. The zero-order valence-corrected chi connectivity index (χ0v) is 26.8. The van der Waals surface area contributed by atoms with E-state index < -0.39 is 24.1 Å². The number of esters is 1. The summed E-state index contributed by atoms with van der Waals surface area (Å²) >= 11 is 0. The van der Waals surface area contributed by atoms with E-state index in [-0.39, 0.29) is 75.2 Å². The number of fused-ring (bicyclic) bond motifs is 5. The zero-order chi connectivity index (χ0) is 27.5. The normalized spacial score (nSPS) is 45.0. The first kappa shape index (κ1) is 31.9. The molecule has 38 heavy (non-hydrogen) atoms. The fourth-order valence-electron chi connectivity index (χ4n) is 9.78. The van der Waals surface area contributed by atoms with Crippen molar-refractivity contribution in [1.29, 1.82) is 0 Å². The van der Waals surface area contributed by atoms with Crippen molar-refractivity contribution < 1.29 is 59.2 Å². The molecule has 2 N–H and O–H groups in total. The summed E-state index contributed by atoms with van der Waals surface area (Å²) in [6.45, 7) is 14.4. The average Bonchev–Trinajstić information content (AvgIpc) is 3.05. The number of carboxylic acids is 1. The molecule has 1 unspecified atom stereocenters. The van der Waals surface area contributed by atoms with Gasteiger partial charge in [0.15, 0.2) is 0 Å². The third kappa shape index (κ3) is 5.00. The topological polar surface area (TPSA) is 107 Å². The van der Waals surface area contributed by atoms with E-state index in [0.717, 1.165) is 31.3 Å². The number of ether oxygens (including phenoxy) is 1. The molecule has 0 aromatic carbocycles. The van der Waals surface area contributed by atoms with E-state index in [0.29, 0.717) is 37.2 Å². The number of carbonyl (C=O) groups excluding carboxylic acids is 2. The van der Waals surface area contributed by atoms with E-state index in [1.165, 1.54) is 6.92 Å². The first-order valence-corrected chi connectivity index (χ1v) is 14.3. The van der Waals surface area contributed by atoms with Crippen molar-refractivity contribution in [3.8, 4) is 0 Å². The van der Waals surface area contributed by atoms with Crippen LogP contribution >= 0.6 is 0 Å². The zero-order valence-electron chi connectivity index (χ0n) is 24.8. The summed E-state index contributed by atoms with van der Waals surface area (Å²) in [6.07, 6.45) is 5.92. The number of aliphatic carboxylic acids is 1. The smallest absolute Gasteiger partial charge is 0.545 e. The molecule has 0 amide bonds. The van der Waals surface area contributed by atoms with Gasteiger partial charge in [0.25, 0.3) is 0 Å². The van der Waals surface area contributed by atoms with Crippen LogP contribution in [0, 0.1) is 39.9 Å². The quantitative estimate of drug-likeness (QED) is 0.237. The van der Waals surface area contributed by atoms with E-state index in [4.69, 9.17) is 4.74 Å². The number of hydrogen-bond acceptors (Lipinski definition) is 6. The molecule has 7 heteroatoms. The molecule has 0 radical (unpaired) electrons. The second-order valence-electron chi connectivity index (χ2n) is 13.6. The standard InChI is InChI=1S/C31H48O6.Na/c1-17(2)9-8-10-20(28(35)36)26-22-15-24(34)27-29(5)13-12-23(33)18(3)21(29)11-14-30(27,6)31(22,7)16-25(26)37-19(4)32;/h9,18,21-25,27,33-34H,8,10-16H2,1-7H3,(H,35,36);/q;+1/p-1/b26-20-;/t18-,21?,22-,23+,24+,25-,27-,29-,30-,31-;/m0./s1. The van der Waals surface area contributed by atoms with Crippen LogP contribution in [0.1, 0.15) is 99.8 Å². The maximum Gasteiger partial charge on any atom is 1.00 e. The summed E-state index contributed by atoms with van der Waals surface area (Å²) in [5.41, 5.74) is 1.31. The van der Waals surface area contributed by atoms with Gasteiger partial charge >= 0.3 is 35.5 Å². The fraction of sp³-hybridized carbons (Fsp3) is 0.806. The Morgan fingerprint density at radius 1 is 1.05 bits per heavy atom. The molecule has 4 fully saturated rings. The van der Waals surface area contributed by atoms with E-state index in [1.54, 1.807) is 0 Å². The van der Waals surface area contributed by atoms with Crippen LogP contribution in [0.15, 0.2) is 22.8 Å². The summed E-state index contributed by atoms with van der Waals surface area (Å²) in [7, 11) is 0. The number of carboxylic acid groups (broad SMARTS) is 1. The van der Waals surface area contributed by atoms with Gasteiger partial charge in [-0.15, -0.1) is 0 Å². The Bertz CT molecular complexity index is 1000. The number of rotatable bonds is 5. The molecule has 0 aromatic heterocycles. The van der Waals surface area contributed by atoms with E-state index in [2.05, 4.69) is 27.7 Å². The molecule has 0 aliphatic heterocycles. The van der Waals surface area contributed by atoms with Crippen LogP contribution in [0.25, 0.3) is 0 Å². The fourth-order valence-corrected chi connectivity index (χ4v) is 9.78. The van der Waals surface area contributed by atoms with Gasteiger partial charge in [0, 0.05) is 6.92 Å². The molecule has 6 nitrogen and oxygen atoms in total. The van der Waals surface area contributed by atoms with Gasteiger partial charge in [-0.25, -0.2) is 0 Å². The Labute approximate surface area is 251 Å². The van der Waals surface area contributed by atoms with Gasteiger partial charge in [-0.2, -0.15) is 0 Å². The molecule has 4 aliphatic carbocycles. The molecule has 0 spiro atoms. The molecule has 4 saturated carbocycles. The molecule has 10 atom stereocenters. The molecule has 208 valence electrons. The Morgan fingerprint density at radius 2 is 1.71 bits per heavy atom. The van der Waals surface area contributed by atoms with Crippen LogP contribution in [0.4, 0.5) is 0 Å². The summed E-state index contributed by atoms with van der Waals surface area (Å²) in [5, 5.41) is 35.0. The van der Waals surface area contributed by atoms with Gasteiger partial charge < -0.3 is 24.9 Å². The van der Waals surface area contributed by atoms with Crippen molar-refractivity contribution in [2.45, 2.75) is 118 Å². The van der Waals surface area contributed by atoms with Crippen LogP contribution < -0.4 is 34.7 Å². The molecule has 0 heterocycles. The van der Waals surface area contributed by atoms with Gasteiger partial charge in [0.2, 0.25) is 0 Å². The van der Waals surface area contributed by atoms with E-state index in [1.807, 2.05) is 19.9 Å². The number of hydrogen-bond donors (Lipinski definition) is 2. The Kier molecular flexibility index (Phi) is 9.49. The van der Waals surface area contributed by atoms with E-state index >= 15 is 0 Å². The van der Waals surface area contributed by atoms with Crippen LogP contribution in [0.3, 0.4) is 0 Å². The van der Waals surface area contributed by atoms with Crippen molar-refractivity contribution in [2.75, 3.05) is 0 Å². The molecule has 0 saturated heterocycles. The number of allylic oxidation sites excluding steroid dienone is 2. The average molecular weight is 539 g/mol. The van der Waals surface area contributed by atoms with Gasteiger partial charge in [0.1, 0.15) is 6.10 Å². The van der Waals surface area contributed by atoms with Crippen molar-refractivity contribution in [3.63, 3.8) is 0 Å². The van der Waals surface area contributed by atoms with Crippen molar-refractivity contribution in [1.82, 2.24) is 0 Å². The summed E-state index contributed by atoms with van der Waals surface area (Å²) in [4.78, 5) is 24.7. The van der Waals surface area contributed by atoms with Gasteiger partial charge in [-0.3, -0.25) is 4.79 Å². The molecular weight excluding hydrogens is 491 g/mol. The minimum Gasteiger partial charge on any atom is -0.545 e. The monoisotopic (exact) mass is 538 g/mol. The molecule has 0 aromatic rings. The number of aliphatic hydroxyl groups is 2. The van der Waals surface area contributed by atoms with Crippen LogP contribution in [-0.4, -0.2) is 40.5 Å². The maximum absolute atomic E-state index is 12.5. The predicted molar refractivity (Wildman–Crippen MR) is 140 cm³/mol. The minimum absolute atomic E-state index is 0. The molecular formula is C31H47NaO6. The first-order chi connectivity index (χ1) is 17.2. The molecule has 4 rings (SSSR count). The van der Waals surface area contributed by atoms with Gasteiger partial charge in [-0.1, -0.05) is 39.3 Å². The van der Waals surface area contributed by atoms with Gasteiger partial charge in [-0.05, 0) is 116 Å². The third-order valence-electron chi connectivity index (χ3n) is 11.6. The second-order valence-corrected chi connectivity index (χ2v) is 13.6. The largest absolute Gasteiger partial charge is 1.00 e.